The maximum absolute atomic E-state index is 5.51. The van der Waals surface area contributed by atoms with Crippen molar-refractivity contribution in [2.75, 3.05) is 19.4 Å². The molecule has 0 saturated carbocycles. The van der Waals surface area contributed by atoms with Gasteiger partial charge in [0.25, 0.3) is 0 Å². The first-order chi connectivity index (χ1) is 6.36. The molecule has 2 nitrogen and oxygen atoms in total. The molecule has 72 valence electrons. The summed E-state index contributed by atoms with van der Waals surface area (Å²) in [6, 6.07) is 10.3. The number of benzene rings is 1. The molecule has 0 heterocycles. The van der Waals surface area contributed by atoms with Crippen LogP contribution in [0.25, 0.3) is 0 Å². The predicted octanol–water partition coefficient (Wildman–Crippen LogP) is 1.75. The van der Waals surface area contributed by atoms with Gasteiger partial charge in [0.1, 0.15) is 0 Å². The van der Waals surface area contributed by atoms with Crippen LogP contribution in [0.2, 0.25) is 0 Å². The van der Waals surface area contributed by atoms with Crippen LogP contribution in [0, 0.1) is 0 Å². The molecule has 0 bridgehead atoms. The number of rotatable bonds is 5. The summed E-state index contributed by atoms with van der Waals surface area (Å²) in [5.41, 5.74) is 5.51. The van der Waals surface area contributed by atoms with Crippen LogP contribution in [0.1, 0.15) is 0 Å². The minimum absolute atomic E-state index is 0.158. The van der Waals surface area contributed by atoms with Crippen molar-refractivity contribution in [1.82, 2.24) is 0 Å². The van der Waals surface area contributed by atoms with Gasteiger partial charge in [-0.15, -0.1) is 11.8 Å². The monoisotopic (exact) mass is 197 g/mol. The molecule has 1 rings (SSSR count). The Hall–Kier alpha value is -0.510. The summed E-state index contributed by atoms with van der Waals surface area (Å²) < 4.78 is 5.18. The van der Waals surface area contributed by atoms with E-state index in [2.05, 4.69) is 12.1 Å². The highest BCUT2D eigenvalue weighted by molar-refractivity contribution is 7.99. The Bertz CT molecular complexity index is 224. The Morgan fingerprint density at radius 3 is 2.62 bits per heavy atom. The van der Waals surface area contributed by atoms with Crippen molar-refractivity contribution in [1.29, 1.82) is 0 Å². The van der Waals surface area contributed by atoms with Crippen LogP contribution in [-0.4, -0.2) is 25.5 Å². The molecule has 0 amide bonds. The molecule has 1 unspecified atom stereocenters. The van der Waals surface area contributed by atoms with Crippen LogP contribution < -0.4 is 5.73 Å². The van der Waals surface area contributed by atoms with Gasteiger partial charge in [-0.05, 0) is 12.1 Å². The number of ether oxygens (including phenoxy) is 1. The SMILES string of the molecule is COC(CN)CSc1ccccc1. The lowest BCUT2D eigenvalue weighted by atomic mass is 10.4. The topological polar surface area (TPSA) is 35.2 Å². The number of nitrogens with two attached hydrogens (primary N) is 1. The Labute approximate surface area is 83.5 Å². The second-order valence-corrected chi connectivity index (χ2v) is 3.81. The van der Waals surface area contributed by atoms with Gasteiger partial charge in [0.2, 0.25) is 0 Å². The van der Waals surface area contributed by atoms with E-state index in [4.69, 9.17) is 10.5 Å². The molecule has 0 aliphatic carbocycles. The molecule has 0 fully saturated rings. The van der Waals surface area contributed by atoms with E-state index in [-0.39, 0.29) is 6.10 Å². The van der Waals surface area contributed by atoms with Gasteiger partial charge in [-0.3, -0.25) is 0 Å². The lowest BCUT2D eigenvalue weighted by Gasteiger charge is -2.11. The summed E-state index contributed by atoms with van der Waals surface area (Å²) in [5, 5.41) is 0. The lowest BCUT2D eigenvalue weighted by Crippen LogP contribution is -2.24. The fraction of sp³-hybridized carbons (Fsp3) is 0.400. The molecule has 0 spiro atoms. The summed E-state index contributed by atoms with van der Waals surface area (Å²) in [5.74, 6) is 0.914. The van der Waals surface area contributed by atoms with E-state index < -0.39 is 0 Å². The zero-order valence-electron chi connectivity index (χ0n) is 7.77. The number of hydrogen-bond acceptors (Lipinski definition) is 3. The van der Waals surface area contributed by atoms with Crippen LogP contribution in [-0.2, 0) is 4.74 Å². The van der Waals surface area contributed by atoms with Crippen LogP contribution in [0.3, 0.4) is 0 Å². The highest BCUT2D eigenvalue weighted by atomic mass is 32.2. The molecule has 1 aromatic rings. The first kappa shape index (κ1) is 10.6. The molecule has 0 saturated heterocycles. The maximum Gasteiger partial charge on any atom is 0.0787 e. The second-order valence-electron chi connectivity index (χ2n) is 2.72. The average Bonchev–Trinajstić information content (AvgIpc) is 2.21. The molecule has 0 radical (unpaired) electrons. The normalized spacial score (nSPS) is 12.8. The minimum Gasteiger partial charge on any atom is -0.379 e. The van der Waals surface area contributed by atoms with Crippen molar-refractivity contribution in [2.45, 2.75) is 11.0 Å². The average molecular weight is 197 g/mol. The third-order valence-corrected chi connectivity index (χ3v) is 2.92. The van der Waals surface area contributed by atoms with Crippen molar-refractivity contribution in [2.24, 2.45) is 5.73 Å². The van der Waals surface area contributed by atoms with E-state index in [1.54, 1.807) is 18.9 Å². The van der Waals surface area contributed by atoms with Gasteiger partial charge in [-0.2, -0.15) is 0 Å². The van der Waals surface area contributed by atoms with Gasteiger partial charge in [0.05, 0.1) is 6.10 Å². The van der Waals surface area contributed by atoms with Gasteiger partial charge < -0.3 is 10.5 Å². The van der Waals surface area contributed by atoms with Crippen LogP contribution >= 0.6 is 11.8 Å². The summed E-state index contributed by atoms with van der Waals surface area (Å²) in [7, 11) is 1.70. The summed E-state index contributed by atoms with van der Waals surface area (Å²) in [6.07, 6.45) is 0.158. The standard InChI is InChI=1S/C10H15NOS/c1-12-9(7-11)8-13-10-5-3-2-4-6-10/h2-6,9H,7-8,11H2,1H3. The van der Waals surface area contributed by atoms with Crippen molar-refractivity contribution >= 4 is 11.8 Å². The molecule has 0 aliphatic rings. The zero-order chi connectivity index (χ0) is 9.52. The van der Waals surface area contributed by atoms with Crippen LogP contribution in [0.15, 0.2) is 35.2 Å². The number of thioether (sulfide) groups is 1. The quantitative estimate of drug-likeness (QED) is 0.730. The van der Waals surface area contributed by atoms with E-state index in [0.29, 0.717) is 6.54 Å². The van der Waals surface area contributed by atoms with Gasteiger partial charge in [0, 0.05) is 24.3 Å². The van der Waals surface area contributed by atoms with Crippen molar-refractivity contribution in [3.05, 3.63) is 30.3 Å². The van der Waals surface area contributed by atoms with Gasteiger partial charge in [0.15, 0.2) is 0 Å². The Morgan fingerprint density at radius 1 is 1.38 bits per heavy atom. The highest BCUT2D eigenvalue weighted by Gasteiger charge is 2.04. The highest BCUT2D eigenvalue weighted by Crippen LogP contribution is 2.18. The molecule has 1 atom stereocenters. The van der Waals surface area contributed by atoms with Crippen molar-refractivity contribution in [3.8, 4) is 0 Å². The summed E-state index contributed by atoms with van der Waals surface area (Å²) >= 11 is 1.77. The largest absolute Gasteiger partial charge is 0.379 e. The molecule has 0 aliphatic heterocycles. The van der Waals surface area contributed by atoms with Crippen LogP contribution in [0.4, 0.5) is 0 Å². The van der Waals surface area contributed by atoms with Gasteiger partial charge >= 0.3 is 0 Å². The molecule has 1 aromatic carbocycles. The predicted molar refractivity (Wildman–Crippen MR) is 57.0 cm³/mol. The van der Waals surface area contributed by atoms with E-state index in [9.17, 15) is 0 Å². The van der Waals surface area contributed by atoms with E-state index in [1.807, 2.05) is 18.2 Å². The van der Waals surface area contributed by atoms with Gasteiger partial charge in [-0.1, -0.05) is 18.2 Å². The summed E-state index contributed by atoms with van der Waals surface area (Å²) in [4.78, 5) is 1.26. The fourth-order valence-electron chi connectivity index (χ4n) is 0.938. The van der Waals surface area contributed by atoms with E-state index in [0.717, 1.165) is 5.75 Å². The fourth-order valence-corrected chi connectivity index (χ4v) is 1.94. The van der Waals surface area contributed by atoms with Gasteiger partial charge in [-0.25, -0.2) is 0 Å². The first-order valence-electron chi connectivity index (χ1n) is 4.27. The number of methoxy groups -OCH3 is 1. The maximum atomic E-state index is 5.51. The van der Waals surface area contributed by atoms with Crippen LogP contribution in [0.5, 0.6) is 0 Å². The molecular weight excluding hydrogens is 182 g/mol. The molecule has 13 heavy (non-hydrogen) atoms. The molecule has 0 aromatic heterocycles. The molecule has 3 heteroatoms. The minimum atomic E-state index is 0.158. The second kappa shape index (κ2) is 6.02. The van der Waals surface area contributed by atoms with Crippen molar-refractivity contribution < 1.29 is 4.74 Å². The Morgan fingerprint density at radius 2 is 2.08 bits per heavy atom. The van der Waals surface area contributed by atoms with E-state index >= 15 is 0 Å². The van der Waals surface area contributed by atoms with E-state index in [1.165, 1.54) is 4.90 Å². The third kappa shape index (κ3) is 3.81. The smallest absolute Gasteiger partial charge is 0.0787 e. The van der Waals surface area contributed by atoms with Crippen molar-refractivity contribution in [3.63, 3.8) is 0 Å². The molecule has 2 N–H and O–H groups in total. The Balaban J connectivity index is 2.34. The zero-order valence-corrected chi connectivity index (χ0v) is 8.59. The third-order valence-electron chi connectivity index (χ3n) is 1.78. The first-order valence-corrected chi connectivity index (χ1v) is 5.26. The lowest BCUT2D eigenvalue weighted by molar-refractivity contribution is 0.129. The summed E-state index contributed by atoms with van der Waals surface area (Å²) in [6.45, 7) is 0.580. The molecular formula is C10H15NOS. The number of hydrogen-bond donors (Lipinski definition) is 1. The Kier molecular flexibility index (Phi) is 4.90.